The predicted octanol–water partition coefficient (Wildman–Crippen LogP) is 2.35. The van der Waals surface area contributed by atoms with Gasteiger partial charge in [-0.25, -0.2) is 4.79 Å². The van der Waals surface area contributed by atoms with E-state index >= 15 is 0 Å². The summed E-state index contributed by atoms with van der Waals surface area (Å²) < 4.78 is 11.0. The second-order valence-corrected chi connectivity index (χ2v) is 7.86. The molecule has 3 N–H and O–H groups in total. The van der Waals surface area contributed by atoms with Crippen LogP contribution in [0.2, 0.25) is 0 Å². The van der Waals surface area contributed by atoms with Gasteiger partial charge < -0.3 is 25.4 Å². The second-order valence-electron chi connectivity index (χ2n) is 7.86. The summed E-state index contributed by atoms with van der Waals surface area (Å²) in [6, 6.07) is 17.4. The summed E-state index contributed by atoms with van der Waals surface area (Å²) in [6.07, 6.45) is -1.41. The van der Waals surface area contributed by atoms with E-state index in [9.17, 15) is 14.4 Å². The zero-order valence-electron chi connectivity index (χ0n) is 17.8. The number of rotatable bonds is 8. The van der Waals surface area contributed by atoms with E-state index in [2.05, 4.69) is 16.0 Å². The molecule has 1 saturated heterocycles. The molecule has 1 aliphatic heterocycles. The van der Waals surface area contributed by atoms with Crippen molar-refractivity contribution in [3.8, 4) is 5.75 Å². The van der Waals surface area contributed by atoms with E-state index in [0.717, 1.165) is 5.56 Å². The van der Waals surface area contributed by atoms with Crippen LogP contribution in [0.25, 0.3) is 0 Å². The molecule has 1 aliphatic rings. The molecule has 8 nitrogen and oxygen atoms in total. The summed E-state index contributed by atoms with van der Waals surface area (Å²) in [7, 11) is 0. The zero-order chi connectivity index (χ0) is 22.4. The number of alkyl carbamates (subject to hydrolysis) is 1. The van der Waals surface area contributed by atoms with Gasteiger partial charge in [0, 0.05) is 0 Å². The smallest absolute Gasteiger partial charge is 0.408 e. The largest absolute Gasteiger partial charge is 0.468 e. The maximum atomic E-state index is 13.0. The molecule has 2 aromatic carbocycles. The molecule has 0 bridgehead atoms. The van der Waals surface area contributed by atoms with E-state index in [1.165, 1.54) is 0 Å². The molecule has 0 saturated carbocycles. The van der Waals surface area contributed by atoms with Gasteiger partial charge in [0.25, 0.3) is 5.91 Å². The van der Waals surface area contributed by atoms with E-state index in [0.29, 0.717) is 5.75 Å². The van der Waals surface area contributed by atoms with E-state index in [4.69, 9.17) is 9.47 Å². The van der Waals surface area contributed by atoms with Crippen molar-refractivity contribution in [1.82, 2.24) is 16.0 Å². The Kier molecular flexibility index (Phi) is 6.79. The number of nitrogens with one attached hydrogen (secondary N) is 3. The third-order valence-electron chi connectivity index (χ3n) is 5.36. The SMILES string of the molecule is CC(C)[C@](C)(NC(=O)OCc1ccccc1)C(=O)N[C@@H]1C(=O)N[C@H]1Oc1ccccc1. The third-order valence-corrected chi connectivity index (χ3v) is 5.36. The van der Waals surface area contributed by atoms with Crippen LogP contribution in [0.15, 0.2) is 60.7 Å². The second kappa shape index (κ2) is 9.51. The van der Waals surface area contributed by atoms with Crippen molar-refractivity contribution in [3.05, 3.63) is 66.2 Å². The summed E-state index contributed by atoms with van der Waals surface area (Å²) in [6.45, 7) is 5.28. The van der Waals surface area contributed by atoms with Crippen LogP contribution >= 0.6 is 0 Å². The maximum absolute atomic E-state index is 13.0. The van der Waals surface area contributed by atoms with Gasteiger partial charge in [-0.2, -0.15) is 0 Å². The molecule has 0 aliphatic carbocycles. The van der Waals surface area contributed by atoms with Crippen LogP contribution in [0, 0.1) is 5.92 Å². The number of hydrogen-bond acceptors (Lipinski definition) is 5. The van der Waals surface area contributed by atoms with E-state index < -0.39 is 29.8 Å². The Hall–Kier alpha value is -3.55. The van der Waals surface area contributed by atoms with Gasteiger partial charge in [0.15, 0.2) is 6.04 Å². The summed E-state index contributed by atoms with van der Waals surface area (Å²) >= 11 is 0. The maximum Gasteiger partial charge on any atom is 0.408 e. The molecule has 0 aromatic heterocycles. The number of amides is 3. The summed E-state index contributed by atoms with van der Waals surface area (Å²) in [5.74, 6) is -0.554. The zero-order valence-corrected chi connectivity index (χ0v) is 17.8. The standard InChI is InChI=1S/C23H27N3O5/c1-15(2)23(3,26-22(29)30-14-16-10-6-4-7-11-16)21(28)24-18-19(27)25-20(18)31-17-12-8-5-9-13-17/h4-13,15,18,20H,14H2,1-3H3,(H,24,28)(H,25,27)(H,26,29)/t18-,20+,23+/m1/s1. The minimum Gasteiger partial charge on any atom is -0.468 e. The lowest BCUT2D eigenvalue weighted by Crippen LogP contribution is -2.74. The molecule has 1 heterocycles. The number of hydrogen-bond donors (Lipinski definition) is 3. The van der Waals surface area contributed by atoms with Gasteiger partial charge in [-0.05, 0) is 30.5 Å². The fourth-order valence-corrected chi connectivity index (χ4v) is 2.96. The summed E-state index contributed by atoms with van der Waals surface area (Å²) in [5.41, 5.74) is -0.457. The first-order chi connectivity index (χ1) is 14.8. The Morgan fingerprint density at radius 3 is 2.26 bits per heavy atom. The van der Waals surface area contributed by atoms with Crippen molar-refractivity contribution in [2.24, 2.45) is 5.92 Å². The van der Waals surface area contributed by atoms with Gasteiger partial charge in [0.2, 0.25) is 12.1 Å². The molecule has 3 amide bonds. The van der Waals surface area contributed by atoms with Gasteiger partial charge in [-0.15, -0.1) is 0 Å². The van der Waals surface area contributed by atoms with Crippen molar-refractivity contribution in [1.29, 1.82) is 0 Å². The average molecular weight is 425 g/mol. The number of carbonyl (C=O) groups is 3. The van der Waals surface area contributed by atoms with Gasteiger partial charge in [0.05, 0.1) is 0 Å². The normalized spacial score (nSPS) is 19.4. The molecule has 31 heavy (non-hydrogen) atoms. The Balaban J connectivity index is 1.60. The number of para-hydroxylation sites is 1. The predicted molar refractivity (Wildman–Crippen MR) is 114 cm³/mol. The monoisotopic (exact) mass is 425 g/mol. The highest BCUT2D eigenvalue weighted by molar-refractivity contribution is 5.97. The highest BCUT2D eigenvalue weighted by Gasteiger charge is 2.47. The third kappa shape index (κ3) is 5.33. The molecular formula is C23H27N3O5. The quantitative estimate of drug-likeness (QED) is 0.563. The summed E-state index contributed by atoms with van der Waals surface area (Å²) in [5, 5.41) is 7.96. The van der Waals surface area contributed by atoms with Crippen LogP contribution in [0.4, 0.5) is 4.79 Å². The Morgan fingerprint density at radius 2 is 1.68 bits per heavy atom. The number of benzene rings is 2. The minimum atomic E-state index is -1.29. The highest BCUT2D eigenvalue weighted by Crippen LogP contribution is 2.20. The lowest BCUT2D eigenvalue weighted by atomic mass is 9.87. The Bertz CT molecular complexity index is 919. The van der Waals surface area contributed by atoms with Crippen molar-refractivity contribution in [2.75, 3.05) is 0 Å². The lowest BCUT2D eigenvalue weighted by molar-refractivity contribution is -0.145. The summed E-state index contributed by atoms with van der Waals surface area (Å²) in [4.78, 5) is 37.4. The van der Waals surface area contributed by atoms with E-state index in [-0.39, 0.29) is 18.4 Å². The van der Waals surface area contributed by atoms with Gasteiger partial charge >= 0.3 is 6.09 Å². The van der Waals surface area contributed by atoms with Crippen molar-refractivity contribution in [3.63, 3.8) is 0 Å². The van der Waals surface area contributed by atoms with Crippen LogP contribution in [0.3, 0.4) is 0 Å². The molecule has 3 atom stereocenters. The molecule has 8 heteroatoms. The first-order valence-corrected chi connectivity index (χ1v) is 10.1. The van der Waals surface area contributed by atoms with Crippen LogP contribution < -0.4 is 20.7 Å². The van der Waals surface area contributed by atoms with Crippen molar-refractivity contribution in [2.45, 2.75) is 45.2 Å². The number of ether oxygens (including phenoxy) is 2. The highest BCUT2D eigenvalue weighted by atomic mass is 16.5. The molecule has 1 fully saturated rings. The Labute approximate surface area is 181 Å². The first-order valence-electron chi connectivity index (χ1n) is 10.1. The van der Waals surface area contributed by atoms with E-state index in [1.807, 2.05) is 48.5 Å². The molecule has 0 unspecified atom stereocenters. The van der Waals surface area contributed by atoms with Crippen LogP contribution in [-0.2, 0) is 20.9 Å². The average Bonchev–Trinajstić information content (AvgIpc) is 2.76. The van der Waals surface area contributed by atoms with Crippen LogP contribution in [0.5, 0.6) is 5.75 Å². The fraction of sp³-hybridized carbons (Fsp3) is 0.348. The van der Waals surface area contributed by atoms with Crippen molar-refractivity contribution >= 4 is 17.9 Å². The first kappa shape index (κ1) is 22.1. The topological polar surface area (TPSA) is 106 Å². The van der Waals surface area contributed by atoms with Crippen LogP contribution in [-0.4, -0.2) is 35.7 Å². The molecule has 164 valence electrons. The molecule has 0 radical (unpaired) electrons. The molecule has 2 aromatic rings. The number of carbonyl (C=O) groups excluding carboxylic acids is 3. The Morgan fingerprint density at radius 1 is 1.06 bits per heavy atom. The fourth-order valence-electron chi connectivity index (χ4n) is 2.96. The van der Waals surface area contributed by atoms with Gasteiger partial charge in [0.1, 0.15) is 17.9 Å². The number of β-lactam (4-membered cyclic amide) rings is 1. The molecular weight excluding hydrogens is 398 g/mol. The van der Waals surface area contributed by atoms with Crippen molar-refractivity contribution < 1.29 is 23.9 Å². The van der Waals surface area contributed by atoms with E-state index in [1.54, 1.807) is 32.9 Å². The van der Waals surface area contributed by atoms with Crippen LogP contribution in [0.1, 0.15) is 26.3 Å². The molecule has 0 spiro atoms. The molecule has 3 rings (SSSR count). The van der Waals surface area contributed by atoms with Gasteiger partial charge in [-0.1, -0.05) is 62.4 Å². The minimum absolute atomic E-state index is 0.0838. The van der Waals surface area contributed by atoms with Gasteiger partial charge in [-0.3, -0.25) is 9.59 Å². The lowest BCUT2D eigenvalue weighted by Gasteiger charge is -2.40.